The van der Waals surface area contributed by atoms with Crippen molar-refractivity contribution >= 4 is 35.0 Å². The lowest BCUT2D eigenvalue weighted by Gasteiger charge is -2.26. The van der Waals surface area contributed by atoms with E-state index >= 15 is 0 Å². The second-order valence-electron chi connectivity index (χ2n) is 9.94. The Hall–Kier alpha value is -5.16. The molecule has 1 aliphatic heterocycles. The minimum atomic E-state index is -0.809. The smallest absolute Gasteiger partial charge is 0.344 e. The number of rotatable bonds is 12. The van der Waals surface area contributed by atoms with Gasteiger partial charge in [-0.25, -0.2) is 14.6 Å². The molecule has 1 aliphatic rings. The quantitative estimate of drug-likeness (QED) is 0.211. The van der Waals surface area contributed by atoms with E-state index in [1.54, 1.807) is 42.7 Å². The zero-order chi connectivity index (χ0) is 32.6. The molecule has 0 radical (unpaired) electrons. The molecule has 0 aliphatic carbocycles. The summed E-state index contributed by atoms with van der Waals surface area (Å²) >= 11 is 1.21. The third-order valence-corrected chi connectivity index (χ3v) is 8.00. The van der Waals surface area contributed by atoms with Crippen LogP contribution in [0, 0.1) is 0 Å². The van der Waals surface area contributed by atoms with Crippen molar-refractivity contribution in [2.24, 2.45) is 4.99 Å². The van der Waals surface area contributed by atoms with Gasteiger partial charge < -0.3 is 23.7 Å². The highest BCUT2D eigenvalue weighted by atomic mass is 32.1. The minimum Gasteiger partial charge on any atom is -0.494 e. The Morgan fingerprint density at radius 3 is 2.30 bits per heavy atom. The lowest BCUT2D eigenvalue weighted by atomic mass is 9.93. The Morgan fingerprint density at radius 1 is 0.891 bits per heavy atom. The van der Waals surface area contributed by atoms with E-state index in [2.05, 4.69) is 0 Å². The second kappa shape index (κ2) is 14.7. The Bertz CT molecular complexity index is 1930. The molecule has 0 unspecified atom stereocenters. The van der Waals surface area contributed by atoms with Crippen LogP contribution in [0.5, 0.6) is 17.2 Å². The molecule has 1 atom stereocenters. The molecule has 5 rings (SSSR count). The van der Waals surface area contributed by atoms with Gasteiger partial charge in [-0.1, -0.05) is 59.9 Å². The highest BCUT2D eigenvalue weighted by Gasteiger charge is 2.35. The van der Waals surface area contributed by atoms with Crippen LogP contribution in [0.3, 0.4) is 0 Å². The lowest BCUT2D eigenvalue weighted by molar-refractivity contribution is -0.145. The fourth-order valence-electron chi connectivity index (χ4n) is 5.05. The first-order valence-electron chi connectivity index (χ1n) is 14.9. The number of carbonyl (C=O) groups is 2. The Kier molecular flexibility index (Phi) is 10.3. The molecular formula is C35H34N2O8S. The molecule has 3 aromatic carbocycles. The number of benzene rings is 3. The molecule has 0 fully saturated rings. The summed E-state index contributed by atoms with van der Waals surface area (Å²) in [5.41, 5.74) is 2.47. The first-order valence-corrected chi connectivity index (χ1v) is 15.7. The molecule has 0 amide bonds. The van der Waals surface area contributed by atoms with Gasteiger partial charge in [0.25, 0.3) is 5.56 Å². The molecule has 46 heavy (non-hydrogen) atoms. The van der Waals surface area contributed by atoms with Crippen LogP contribution < -0.4 is 29.1 Å². The average Bonchev–Trinajstić information content (AvgIpc) is 3.38. The standard InChI is InChI=1S/C35H34N2O8S/c1-5-42-25-16-14-24(15-17-25)32-30(34(40)44-7-3)31(23-11-9-8-10-12-23)36-35-37(32)33(39)28(46-35)20-22-13-18-26(27(19-22)41-4)45-21-29(38)43-6-2/h8-20,32H,5-7,21H2,1-4H3/b28-20-/t32-/m0/s1. The molecule has 238 valence electrons. The topological polar surface area (TPSA) is 115 Å². The normalized spacial score (nSPS) is 14.3. The van der Waals surface area contributed by atoms with Crippen LogP contribution in [0.1, 0.15) is 43.5 Å². The van der Waals surface area contributed by atoms with Crippen LogP contribution >= 0.6 is 11.3 Å². The van der Waals surface area contributed by atoms with Gasteiger partial charge in [0.1, 0.15) is 5.75 Å². The van der Waals surface area contributed by atoms with E-state index in [9.17, 15) is 14.4 Å². The van der Waals surface area contributed by atoms with E-state index in [0.29, 0.717) is 50.0 Å². The van der Waals surface area contributed by atoms with E-state index in [1.165, 1.54) is 18.4 Å². The van der Waals surface area contributed by atoms with E-state index in [1.807, 2.05) is 61.5 Å². The third-order valence-electron chi connectivity index (χ3n) is 7.02. The van der Waals surface area contributed by atoms with Gasteiger partial charge in [-0.2, -0.15) is 0 Å². The maximum atomic E-state index is 14.2. The van der Waals surface area contributed by atoms with Crippen LogP contribution in [-0.4, -0.2) is 50.0 Å². The largest absolute Gasteiger partial charge is 0.494 e. The van der Waals surface area contributed by atoms with Crippen LogP contribution in [0.15, 0.2) is 88.2 Å². The molecule has 2 heterocycles. The second-order valence-corrected chi connectivity index (χ2v) is 10.9. The number of aromatic nitrogens is 1. The number of esters is 2. The van der Waals surface area contributed by atoms with Crippen LogP contribution in [0.4, 0.5) is 0 Å². The summed E-state index contributed by atoms with van der Waals surface area (Å²) in [6.45, 7) is 6.01. The number of ether oxygens (including phenoxy) is 5. The van der Waals surface area contributed by atoms with E-state index in [4.69, 9.17) is 28.7 Å². The van der Waals surface area contributed by atoms with Gasteiger partial charge in [0.05, 0.1) is 48.8 Å². The molecule has 10 nitrogen and oxygen atoms in total. The number of hydrogen-bond acceptors (Lipinski definition) is 10. The van der Waals surface area contributed by atoms with Crippen molar-refractivity contribution in [2.75, 3.05) is 33.5 Å². The first kappa shape index (κ1) is 32.2. The van der Waals surface area contributed by atoms with Crippen LogP contribution in [0.2, 0.25) is 0 Å². The number of fused-ring (bicyclic) bond motifs is 1. The van der Waals surface area contributed by atoms with E-state index in [-0.39, 0.29) is 31.0 Å². The minimum absolute atomic E-state index is 0.159. The number of methoxy groups -OCH3 is 1. The van der Waals surface area contributed by atoms with Crippen molar-refractivity contribution in [3.05, 3.63) is 115 Å². The van der Waals surface area contributed by atoms with Gasteiger partial charge >= 0.3 is 11.9 Å². The van der Waals surface area contributed by atoms with Gasteiger partial charge in [0.2, 0.25) is 0 Å². The van der Waals surface area contributed by atoms with Gasteiger partial charge in [0, 0.05) is 5.56 Å². The van der Waals surface area contributed by atoms with Gasteiger partial charge in [0.15, 0.2) is 22.9 Å². The average molecular weight is 643 g/mol. The van der Waals surface area contributed by atoms with Crippen molar-refractivity contribution in [3.63, 3.8) is 0 Å². The summed E-state index contributed by atoms with van der Waals surface area (Å²) in [4.78, 5) is 44.9. The Labute approximate surface area is 269 Å². The van der Waals surface area contributed by atoms with Gasteiger partial charge in [-0.05, 0) is 62.2 Å². The molecule has 0 bridgehead atoms. The third kappa shape index (κ3) is 6.89. The summed E-state index contributed by atoms with van der Waals surface area (Å²) < 4.78 is 29.1. The predicted molar refractivity (Wildman–Crippen MR) is 174 cm³/mol. The van der Waals surface area contributed by atoms with E-state index < -0.39 is 18.0 Å². The molecule has 1 aromatic heterocycles. The van der Waals surface area contributed by atoms with Crippen molar-refractivity contribution in [1.82, 2.24) is 4.57 Å². The maximum absolute atomic E-state index is 14.2. The Balaban J connectivity index is 1.66. The molecule has 0 spiro atoms. The summed E-state index contributed by atoms with van der Waals surface area (Å²) in [7, 11) is 1.49. The van der Waals surface area contributed by atoms with Crippen LogP contribution in [-0.2, 0) is 19.1 Å². The van der Waals surface area contributed by atoms with Gasteiger partial charge in [-0.15, -0.1) is 0 Å². The highest BCUT2D eigenvalue weighted by Crippen LogP contribution is 2.36. The summed E-state index contributed by atoms with van der Waals surface area (Å²) in [6.07, 6.45) is 1.73. The molecule has 11 heteroatoms. The molecule has 4 aromatic rings. The monoisotopic (exact) mass is 642 g/mol. The molecule has 0 saturated carbocycles. The number of nitrogens with zero attached hydrogens (tertiary/aromatic N) is 2. The lowest BCUT2D eigenvalue weighted by Crippen LogP contribution is -2.40. The molecule has 0 saturated heterocycles. The van der Waals surface area contributed by atoms with Crippen molar-refractivity contribution in [1.29, 1.82) is 0 Å². The van der Waals surface area contributed by atoms with Crippen molar-refractivity contribution < 1.29 is 33.3 Å². The first-order chi connectivity index (χ1) is 22.4. The molecular weight excluding hydrogens is 608 g/mol. The number of hydrogen-bond donors (Lipinski definition) is 0. The SMILES string of the molecule is CCOC(=O)COc1ccc(/C=c2\sc3n(c2=O)[C@@H](c2ccc(OCC)cc2)C(C(=O)OCC)=C(c2ccccc2)N=3)cc1OC. The fourth-order valence-corrected chi connectivity index (χ4v) is 6.05. The fraction of sp³-hybridized carbons (Fsp3) is 0.257. The zero-order valence-corrected chi connectivity index (χ0v) is 26.8. The number of thiazole rings is 1. The summed E-state index contributed by atoms with van der Waals surface area (Å²) in [6, 6.07) is 21.0. The number of carbonyl (C=O) groups excluding carboxylic acids is 2. The van der Waals surface area contributed by atoms with Gasteiger partial charge in [-0.3, -0.25) is 9.36 Å². The maximum Gasteiger partial charge on any atom is 0.344 e. The molecule has 0 N–H and O–H groups in total. The summed E-state index contributed by atoms with van der Waals surface area (Å²) in [5.74, 6) is 0.368. The van der Waals surface area contributed by atoms with Crippen molar-refractivity contribution in [3.8, 4) is 17.2 Å². The van der Waals surface area contributed by atoms with Crippen LogP contribution in [0.25, 0.3) is 11.8 Å². The highest BCUT2D eigenvalue weighted by molar-refractivity contribution is 7.07. The summed E-state index contributed by atoms with van der Waals surface area (Å²) in [5, 5.41) is 0. The predicted octanol–water partition coefficient (Wildman–Crippen LogP) is 4.28. The zero-order valence-electron chi connectivity index (χ0n) is 26.0. The van der Waals surface area contributed by atoms with Crippen molar-refractivity contribution in [2.45, 2.75) is 26.8 Å². The van der Waals surface area contributed by atoms with E-state index in [0.717, 1.165) is 5.56 Å². The Morgan fingerprint density at radius 2 is 1.63 bits per heavy atom.